The van der Waals surface area contributed by atoms with Crippen LogP contribution in [0.3, 0.4) is 0 Å². The van der Waals surface area contributed by atoms with E-state index in [2.05, 4.69) is 65.5 Å². The number of aromatic carboxylic acids is 1. The van der Waals surface area contributed by atoms with E-state index in [0.717, 1.165) is 16.5 Å². The van der Waals surface area contributed by atoms with Gasteiger partial charge in [-0.15, -0.1) is 11.3 Å². The molecular weight excluding hydrogens is 428 g/mol. The third-order valence-electron chi connectivity index (χ3n) is 5.43. The molecule has 0 atom stereocenters. The van der Waals surface area contributed by atoms with Gasteiger partial charge in [-0.1, -0.05) is 60.7 Å². The molecule has 0 saturated carbocycles. The van der Waals surface area contributed by atoms with Crippen LogP contribution in [-0.4, -0.2) is 21.4 Å². The number of hydrogen-bond acceptors (Lipinski definition) is 3. The van der Waals surface area contributed by atoms with Gasteiger partial charge in [0.1, 0.15) is 0 Å². The van der Waals surface area contributed by atoms with Crippen molar-refractivity contribution in [2.75, 3.05) is 0 Å². The number of thiophene rings is 1. The molecular formula is C28H24N2O2S. The summed E-state index contributed by atoms with van der Waals surface area (Å²) >= 11 is 1.71. The number of hydrogen-bond donors (Lipinski definition) is 2. The van der Waals surface area contributed by atoms with Gasteiger partial charge in [-0.25, -0.2) is 4.79 Å². The number of nitrogens with zero attached hydrogens (tertiary/aromatic N) is 1. The maximum absolute atomic E-state index is 10.2. The van der Waals surface area contributed by atoms with Gasteiger partial charge in [0.15, 0.2) is 0 Å². The molecule has 0 spiro atoms. The average Bonchev–Trinajstić information content (AvgIpc) is 3.50. The van der Waals surface area contributed by atoms with Crippen LogP contribution in [0.15, 0.2) is 103 Å². The van der Waals surface area contributed by atoms with E-state index in [1.165, 1.54) is 16.1 Å². The lowest BCUT2D eigenvalue weighted by molar-refractivity contribution is 0.0697. The summed E-state index contributed by atoms with van der Waals surface area (Å²) in [6.07, 6.45) is 2.77. The molecule has 0 bridgehead atoms. The van der Waals surface area contributed by atoms with E-state index < -0.39 is 5.97 Å². The van der Waals surface area contributed by atoms with Gasteiger partial charge in [-0.2, -0.15) is 0 Å². The van der Waals surface area contributed by atoms with E-state index in [-0.39, 0.29) is 0 Å². The van der Waals surface area contributed by atoms with E-state index in [4.69, 9.17) is 10.5 Å². The fraction of sp³-hybridized carbons (Fsp3) is 0.0714. The van der Waals surface area contributed by atoms with E-state index >= 15 is 0 Å². The standard InChI is InChI=1S/C21H18N2S.C7H6O2/c1-15-7-2-3-8-16(15)13-19(22)18-14-23(21-11-6-12-24-21)20-10-5-4-9-17(18)20;8-7(9)6-4-2-1-3-5-6/h2-12,14,22H,13H2,1H3;1-5H,(H,8,9). The third kappa shape index (κ3) is 5.10. The fourth-order valence-corrected chi connectivity index (χ4v) is 4.40. The predicted octanol–water partition coefficient (Wildman–Crippen LogP) is 7.00. The first-order valence-electron chi connectivity index (χ1n) is 10.6. The molecule has 0 aliphatic heterocycles. The zero-order valence-corrected chi connectivity index (χ0v) is 19.0. The molecule has 5 rings (SSSR count). The number of benzene rings is 3. The lowest BCUT2D eigenvalue weighted by Gasteiger charge is -2.06. The lowest BCUT2D eigenvalue weighted by Crippen LogP contribution is -2.04. The molecule has 4 nitrogen and oxygen atoms in total. The molecule has 164 valence electrons. The number of aromatic nitrogens is 1. The van der Waals surface area contributed by atoms with Crippen molar-refractivity contribution in [3.63, 3.8) is 0 Å². The Bertz CT molecular complexity index is 1390. The van der Waals surface area contributed by atoms with Crippen molar-refractivity contribution < 1.29 is 9.90 Å². The van der Waals surface area contributed by atoms with E-state index in [9.17, 15) is 4.79 Å². The first-order valence-corrected chi connectivity index (χ1v) is 11.5. The second-order valence-electron chi connectivity index (χ2n) is 7.63. The topological polar surface area (TPSA) is 66.1 Å². The second-order valence-corrected chi connectivity index (χ2v) is 8.56. The van der Waals surface area contributed by atoms with Crippen molar-refractivity contribution in [3.05, 3.63) is 125 Å². The van der Waals surface area contributed by atoms with Gasteiger partial charge in [-0.3, -0.25) is 0 Å². The Morgan fingerprint density at radius 3 is 2.27 bits per heavy atom. The number of rotatable bonds is 5. The fourth-order valence-electron chi connectivity index (χ4n) is 3.68. The molecule has 3 aromatic carbocycles. The SMILES string of the molecule is Cc1ccccc1CC(=N)c1cn(-c2cccs2)c2ccccc12.O=C(O)c1ccccc1. The van der Waals surface area contributed by atoms with Gasteiger partial charge >= 0.3 is 5.97 Å². The summed E-state index contributed by atoms with van der Waals surface area (Å²) in [5.74, 6) is -0.879. The molecule has 0 aliphatic carbocycles. The monoisotopic (exact) mass is 452 g/mol. The summed E-state index contributed by atoms with van der Waals surface area (Å²) in [4.78, 5) is 10.2. The summed E-state index contributed by atoms with van der Waals surface area (Å²) in [7, 11) is 0. The summed E-state index contributed by atoms with van der Waals surface area (Å²) in [6, 6.07) is 29.1. The lowest BCUT2D eigenvalue weighted by atomic mass is 9.99. The molecule has 2 N–H and O–H groups in total. The van der Waals surface area contributed by atoms with E-state index in [1.807, 2.05) is 18.2 Å². The zero-order chi connectivity index (χ0) is 23.2. The van der Waals surface area contributed by atoms with E-state index in [0.29, 0.717) is 17.7 Å². The van der Waals surface area contributed by atoms with Crippen LogP contribution in [0.5, 0.6) is 0 Å². The van der Waals surface area contributed by atoms with Crippen LogP contribution < -0.4 is 0 Å². The molecule has 0 fully saturated rings. The molecule has 5 heteroatoms. The highest BCUT2D eigenvalue weighted by atomic mass is 32.1. The van der Waals surface area contributed by atoms with Crippen LogP contribution in [-0.2, 0) is 6.42 Å². The van der Waals surface area contributed by atoms with Gasteiger partial charge in [0.2, 0.25) is 0 Å². The molecule has 5 aromatic rings. The summed E-state index contributed by atoms with van der Waals surface area (Å²) in [5, 5.41) is 21.5. The van der Waals surface area contributed by atoms with Crippen LogP contribution in [0.4, 0.5) is 0 Å². The third-order valence-corrected chi connectivity index (χ3v) is 6.30. The minimum Gasteiger partial charge on any atom is -0.478 e. The van der Waals surface area contributed by atoms with Crippen molar-refractivity contribution in [3.8, 4) is 5.00 Å². The molecule has 0 unspecified atom stereocenters. The van der Waals surface area contributed by atoms with Crippen LogP contribution >= 0.6 is 11.3 Å². The Hall–Kier alpha value is -3.96. The summed E-state index contributed by atoms with van der Waals surface area (Å²) in [6.45, 7) is 2.11. The Balaban J connectivity index is 0.000000243. The van der Waals surface area contributed by atoms with Gasteiger partial charge < -0.3 is 15.1 Å². The Labute approximate surface area is 196 Å². The second kappa shape index (κ2) is 10.1. The van der Waals surface area contributed by atoms with Crippen LogP contribution in [0.1, 0.15) is 27.0 Å². The predicted molar refractivity (Wildman–Crippen MR) is 136 cm³/mol. The summed E-state index contributed by atoms with van der Waals surface area (Å²) < 4.78 is 2.20. The van der Waals surface area contributed by atoms with Crippen molar-refractivity contribution in [1.29, 1.82) is 5.41 Å². The van der Waals surface area contributed by atoms with Crippen molar-refractivity contribution in [2.24, 2.45) is 0 Å². The van der Waals surface area contributed by atoms with Crippen LogP contribution in [0.25, 0.3) is 15.9 Å². The first kappa shape index (κ1) is 22.2. The van der Waals surface area contributed by atoms with Gasteiger partial charge in [0, 0.05) is 29.3 Å². The number of carbonyl (C=O) groups is 1. The van der Waals surface area contributed by atoms with Crippen LogP contribution in [0, 0.1) is 12.3 Å². The van der Waals surface area contributed by atoms with Gasteiger partial charge in [0.25, 0.3) is 0 Å². The molecule has 2 heterocycles. The van der Waals surface area contributed by atoms with E-state index in [1.54, 1.807) is 41.7 Å². The molecule has 0 amide bonds. The van der Waals surface area contributed by atoms with Gasteiger partial charge in [0.05, 0.1) is 16.1 Å². The normalized spacial score (nSPS) is 10.5. The first-order chi connectivity index (χ1) is 16.0. The minimum atomic E-state index is -0.879. The highest BCUT2D eigenvalue weighted by molar-refractivity contribution is 7.12. The maximum atomic E-state index is 10.2. The quantitative estimate of drug-likeness (QED) is 0.282. The zero-order valence-electron chi connectivity index (χ0n) is 18.2. The largest absolute Gasteiger partial charge is 0.478 e. The molecule has 2 aromatic heterocycles. The Kier molecular flexibility index (Phi) is 6.81. The Morgan fingerprint density at radius 2 is 1.61 bits per heavy atom. The smallest absolute Gasteiger partial charge is 0.335 e. The number of fused-ring (bicyclic) bond motifs is 1. The number of carboxylic acid groups (broad SMARTS) is 1. The molecule has 33 heavy (non-hydrogen) atoms. The van der Waals surface area contributed by atoms with Gasteiger partial charge in [-0.05, 0) is 53.8 Å². The number of carboxylic acids is 1. The molecule has 0 aliphatic rings. The minimum absolute atomic E-state index is 0.331. The number of para-hydroxylation sites is 1. The highest BCUT2D eigenvalue weighted by Crippen LogP contribution is 2.28. The summed E-state index contributed by atoms with van der Waals surface area (Å²) in [5.41, 5.74) is 5.62. The van der Waals surface area contributed by atoms with Crippen LogP contribution in [0.2, 0.25) is 0 Å². The van der Waals surface area contributed by atoms with Crippen molar-refractivity contribution in [1.82, 2.24) is 4.57 Å². The highest BCUT2D eigenvalue weighted by Gasteiger charge is 2.14. The maximum Gasteiger partial charge on any atom is 0.335 e. The van der Waals surface area contributed by atoms with Crippen molar-refractivity contribution >= 4 is 33.9 Å². The molecule has 0 saturated heterocycles. The average molecular weight is 453 g/mol. The number of nitrogens with one attached hydrogen (secondary N) is 1. The molecule has 0 radical (unpaired) electrons. The van der Waals surface area contributed by atoms with Crippen molar-refractivity contribution in [2.45, 2.75) is 13.3 Å². The number of aryl methyl sites for hydroxylation is 1. The Morgan fingerprint density at radius 1 is 0.909 bits per heavy atom.